The quantitative estimate of drug-likeness (QED) is 0.672. The third kappa shape index (κ3) is 4.24. The smallest absolute Gasteiger partial charge is 0.328 e. The van der Waals surface area contributed by atoms with Crippen LogP contribution in [0.1, 0.15) is 12.0 Å². The van der Waals surface area contributed by atoms with Gasteiger partial charge in [0.1, 0.15) is 12.4 Å². The van der Waals surface area contributed by atoms with E-state index in [0.29, 0.717) is 30.2 Å². The Morgan fingerprint density at radius 2 is 2.23 bits per heavy atom. The zero-order valence-electron chi connectivity index (χ0n) is 14.0. The van der Waals surface area contributed by atoms with Crippen molar-refractivity contribution in [1.82, 2.24) is 15.0 Å². The molecule has 1 atom stereocenters. The molecule has 3 N–H and O–H groups in total. The SMILES string of the molecule is COC(=O)C1CCN1c1ncnc(Nc2cccc(CS(N)(=O)=O)c2)n1. The molecule has 3 rings (SSSR count). The van der Waals surface area contributed by atoms with Gasteiger partial charge < -0.3 is 15.0 Å². The van der Waals surface area contributed by atoms with Crippen LogP contribution >= 0.6 is 0 Å². The van der Waals surface area contributed by atoms with Gasteiger partial charge in [-0.3, -0.25) is 0 Å². The molecule has 1 aliphatic heterocycles. The highest BCUT2D eigenvalue weighted by Gasteiger charge is 2.36. The van der Waals surface area contributed by atoms with Crippen LogP contribution in [0.15, 0.2) is 30.6 Å². The summed E-state index contributed by atoms with van der Waals surface area (Å²) in [6.45, 7) is 0.646. The molecule has 2 heterocycles. The molecular formula is C15H18N6O4S. The number of aromatic nitrogens is 3. The Balaban J connectivity index is 1.75. The van der Waals surface area contributed by atoms with E-state index < -0.39 is 16.1 Å². The molecule has 138 valence electrons. The number of methoxy groups -OCH3 is 1. The van der Waals surface area contributed by atoms with Crippen LogP contribution in [0, 0.1) is 0 Å². The van der Waals surface area contributed by atoms with E-state index in [1.54, 1.807) is 29.2 Å². The predicted octanol–water partition coefficient (Wildman–Crippen LogP) is 0.155. The Bertz CT molecular complexity index is 920. The van der Waals surface area contributed by atoms with E-state index in [9.17, 15) is 13.2 Å². The van der Waals surface area contributed by atoms with Crippen LogP contribution in [-0.4, -0.2) is 49.0 Å². The van der Waals surface area contributed by atoms with Gasteiger partial charge in [-0.15, -0.1) is 0 Å². The van der Waals surface area contributed by atoms with Crippen molar-refractivity contribution in [1.29, 1.82) is 0 Å². The van der Waals surface area contributed by atoms with Crippen LogP contribution in [0.2, 0.25) is 0 Å². The van der Waals surface area contributed by atoms with Crippen LogP contribution in [0.5, 0.6) is 0 Å². The van der Waals surface area contributed by atoms with Crippen molar-refractivity contribution >= 4 is 33.6 Å². The second-order valence-electron chi connectivity index (χ2n) is 5.76. The van der Waals surface area contributed by atoms with Crippen LogP contribution in [0.3, 0.4) is 0 Å². The first kappa shape index (κ1) is 18.0. The highest BCUT2D eigenvalue weighted by Crippen LogP contribution is 2.25. The molecule has 1 aromatic carbocycles. The summed E-state index contributed by atoms with van der Waals surface area (Å²) < 4.78 is 27.2. The van der Waals surface area contributed by atoms with Gasteiger partial charge in [-0.1, -0.05) is 12.1 Å². The predicted molar refractivity (Wildman–Crippen MR) is 94.1 cm³/mol. The number of esters is 1. The summed E-state index contributed by atoms with van der Waals surface area (Å²) in [5, 5.41) is 8.06. The van der Waals surface area contributed by atoms with Crippen molar-refractivity contribution < 1.29 is 17.9 Å². The normalized spacial score (nSPS) is 16.7. The topological polar surface area (TPSA) is 140 Å². The molecule has 1 fully saturated rings. The van der Waals surface area contributed by atoms with E-state index in [1.165, 1.54) is 13.4 Å². The maximum atomic E-state index is 11.7. The van der Waals surface area contributed by atoms with Gasteiger partial charge in [0.05, 0.1) is 12.9 Å². The molecule has 0 spiro atoms. The average Bonchev–Trinajstić information content (AvgIpc) is 2.52. The zero-order chi connectivity index (χ0) is 18.7. The lowest BCUT2D eigenvalue weighted by atomic mass is 10.0. The molecule has 0 amide bonds. The average molecular weight is 378 g/mol. The molecule has 0 aliphatic carbocycles. The van der Waals surface area contributed by atoms with Crippen molar-refractivity contribution in [3.8, 4) is 0 Å². The van der Waals surface area contributed by atoms with Crippen molar-refractivity contribution in [3.05, 3.63) is 36.2 Å². The number of hydrogen-bond acceptors (Lipinski definition) is 9. The van der Waals surface area contributed by atoms with E-state index in [0.717, 1.165) is 0 Å². The lowest BCUT2D eigenvalue weighted by molar-refractivity contribution is -0.143. The molecule has 26 heavy (non-hydrogen) atoms. The number of rotatable bonds is 6. The molecule has 0 saturated carbocycles. The zero-order valence-corrected chi connectivity index (χ0v) is 14.8. The summed E-state index contributed by atoms with van der Waals surface area (Å²) in [4.78, 5) is 25.9. The Kier molecular flexibility index (Phi) is 5.00. The first-order valence-electron chi connectivity index (χ1n) is 7.75. The van der Waals surface area contributed by atoms with Gasteiger partial charge >= 0.3 is 5.97 Å². The van der Waals surface area contributed by atoms with Gasteiger partial charge in [-0.05, 0) is 24.1 Å². The molecule has 1 saturated heterocycles. The Morgan fingerprint density at radius 3 is 2.88 bits per heavy atom. The van der Waals surface area contributed by atoms with Crippen molar-refractivity contribution in [3.63, 3.8) is 0 Å². The fourth-order valence-electron chi connectivity index (χ4n) is 2.59. The number of carbonyl (C=O) groups excluding carboxylic acids is 1. The van der Waals surface area contributed by atoms with Gasteiger partial charge in [-0.25, -0.2) is 28.3 Å². The first-order chi connectivity index (χ1) is 12.4. The maximum Gasteiger partial charge on any atom is 0.328 e. The summed E-state index contributed by atoms with van der Waals surface area (Å²) in [5.74, 6) is 0.0458. The van der Waals surface area contributed by atoms with E-state index >= 15 is 0 Å². The number of ether oxygens (including phenoxy) is 1. The molecular weight excluding hydrogens is 360 g/mol. The van der Waals surface area contributed by atoms with Crippen molar-refractivity contribution in [2.45, 2.75) is 18.2 Å². The lowest BCUT2D eigenvalue weighted by Gasteiger charge is -2.38. The minimum absolute atomic E-state index is 0.264. The highest BCUT2D eigenvalue weighted by molar-refractivity contribution is 7.88. The number of anilines is 3. The third-order valence-corrected chi connectivity index (χ3v) is 4.60. The molecule has 1 unspecified atom stereocenters. The Labute approximate surface area is 150 Å². The van der Waals surface area contributed by atoms with E-state index in [-0.39, 0.29) is 17.7 Å². The van der Waals surface area contributed by atoms with Gasteiger partial charge in [0.2, 0.25) is 21.9 Å². The number of nitrogens with zero attached hydrogens (tertiary/aromatic N) is 4. The maximum absolute atomic E-state index is 11.7. The molecule has 2 aromatic rings. The van der Waals surface area contributed by atoms with E-state index in [2.05, 4.69) is 20.3 Å². The van der Waals surface area contributed by atoms with Gasteiger partial charge in [0.25, 0.3) is 0 Å². The van der Waals surface area contributed by atoms with Crippen LogP contribution < -0.4 is 15.4 Å². The lowest BCUT2D eigenvalue weighted by Crippen LogP contribution is -2.53. The second kappa shape index (κ2) is 7.22. The Morgan fingerprint density at radius 1 is 1.42 bits per heavy atom. The number of nitrogens with one attached hydrogen (secondary N) is 1. The summed E-state index contributed by atoms with van der Waals surface area (Å²) >= 11 is 0. The minimum Gasteiger partial charge on any atom is -0.467 e. The van der Waals surface area contributed by atoms with Crippen molar-refractivity contribution in [2.24, 2.45) is 5.14 Å². The second-order valence-corrected chi connectivity index (χ2v) is 7.38. The van der Waals surface area contributed by atoms with Gasteiger partial charge in [0, 0.05) is 12.2 Å². The number of primary sulfonamides is 1. The Hall–Kier alpha value is -2.79. The number of hydrogen-bond donors (Lipinski definition) is 2. The number of nitrogens with two attached hydrogens (primary N) is 1. The molecule has 1 aromatic heterocycles. The monoisotopic (exact) mass is 378 g/mol. The number of benzene rings is 1. The summed E-state index contributed by atoms with van der Waals surface area (Å²) in [6, 6.07) is 6.36. The van der Waals surface area contributed by atoms with Gasteiger partial charge in [-0.2, -0.15) is 4.98 Å². The fraction of sp³-hybridized carbons (Fsp3) is 0.333. The van der Waals surface area contributed by atoms with Crippen LogP contribution in [0.4, 0.5) is 17.6 Å². The number of carbonyl (C=O) groups is 1. The third-order valence-electron chi connectivity index (χ3n) is 3.86. The largest absolute Gasteiger partial charge is 0.467 e. The van der Waals surface area contributed by atoms with Crippen molar-refractivity contribution in [2.75, 3.05) is 23.9 Å². The summed E-state index contributed by atoms with van der Waals surface area (Å²) in [6.07, 6.45) is 2.02. The molecule has 1 aliphatic rings. The standard InChI is InChI=1S/C15H18N6O4S/c1-25-13(22)12-5-6-21(12)15-18-9-17-14(20-15)19-11-4-2-3-10(7-11)8-26(16,23)24/h2-4,7,9,12H,5-6,8H2,1H3,(H2,16,23,24)(H,17,18,19,20). The molecule has 11 heteroatoms. The summed E-state index contributed by atoms with van der Waals surface area (Å²) in [7, 11) is -2.28. The summed E-state index contributed by atoms with van der Waals surface area (Å²) in [5.41, 5.74) is 1.15. The van der Waals surface area contributed by atoms with Crippen LogP contribution in [0.25, 0.3) is 0 Å². The molecule has 0 radical (unpaired) electrons. The van der Waals surface area contributed by atoms with E-state index in [4.69, 9.17) is 9.88 Å². The molecule has 0 bridgehead atoms. The fourth-order valence-corrected chi connectivity index (χ4v) is 3.24. The number of sulfonamides is 1. The minimum atomic E-state index is -3.62. The highest BCUT2D eigenvalue weighted by atomic mass is 32.2. The first-order valence-corrected chi connectivity index (χ1v) is 9.47. The van der Waals surface area contributed by atoms with Crippen LogP contribution in [-0.2, 0) is 25.3 Å². The molecule has 10 nitrogen and oxygen atoms in total. The van der Waals surface area contributed by atoms with E-state index in [1.807, 2.05) is 0 Å². The van der Waals surface area contributed by atoms with Gasteiger partial charge in [0.15, 0.2) is 0 Å².